The Morgan fingerprint density at radius 2 is 1.21 bits per heavy atom. The van der Waals surface area contributed by atoms with Crippen LogP contribution in [-0.4, -0.2) is 60.1 Å². The minimum absolute atomic E-state index is 0.393. The highest BCUT2D eigenvalue weighted by molar-refractivity contribution is 7.80. The second kappa shape index (κ2) is 10.1. The molecular weight excluding hydrogens is 220 g/mol. The Balaban J connectivity index is 3.39. The van der Waals surface area contributed by atoms with Crippen molar-refractivity contribution in [1.29, 1.82) is 0 Å². The predicted molar refractivity (Wildman–Crippen MR) is 65.5 cm³/mol. The van der Waals surface area contributed by atoms with E-state index in [1.165, 1.54) is 0 Å². The van der Waals surface area contributed by atoms with E-state index in [1.807, 2.05) is 0 Å². The van der Waals surface area contributed by atoms with Crippen LogP contribution in [0.1, 0.15) is 0 Å². The van der Waals surface area contributed by atoms with Crippen LogP contribution in [0.5, 0.6) is 0 Å². The van der Waals surface area contributed by atoms with Gasteiger partial charge in [0, 0.05) is 37.7 Å². The van der Waals surface area contributed by atoms with Gasteiger partial charge in [-0.2, -0.15) is 25.3 Å². The van der Waals surface area contributed by atoms with Crippen LogP contribution in [0.3, 0.4) is 0 Å². The van der Waals surface area contributed by atoms with Gasteiger partial charge in [0.15, 0.2) is 0 Å². The molecule has 0 bridgehead atoms. The summed E-state index contributed by atoms with van der Waals surface area (Å²) in [6.07, 6.45) is -1.47. The van der Waals surface area contributed by atoms with Crippen molar-refractivity contribution < 1.29 is 10.2 Å². The maximum absolute atomic E-state index is 9.45. The Hall–Kier alpha value is 0.540. The van der Waals surface area contributed by atoms with E-state index in [4.69, 9.17) is 0 Å². The number of nitrogens with one attached hydrogen (secondary N) is 2. The third-order valence-electron chi connectivity index (χ3n) is 1.73. The zero-order valence-electron chi connectivity index (χ0n) is 8.19. The second-order valence-corrected chi connectivity index (χ2v) is 3.88. The van der Waals surface area contributed by atoms with Gasteiger partial charge in [0.05, 0.1) is 12.2 Å². The van der Waals surface area contributed by atoms with E-state index in [0.717, 1.165) is 24.6 Å². The maximum atomic E-state index is 9.45. The van der Waals surface area contributed by atoms with Crippen molar-refractivity contribution in [2.75, 3.05) is 37.7 Å². The zero-order chi connectivity index (χ0) is 10.8. The van der Waals surface area contributed by atoms with Crippen molar-refractivity contribution in [3.8, 4) is 0 Å². The zero-order valence-corrected chi connectivity index (χ0v) is 9.98. The number of aliphatic hydroxyl groups is 2. The van der Waals surface area contributed by atoms with E-state index in [0.29, 0.717) is 13.1 Å². The number of thiol groups is 2. The molecule has 0 unspecified atom stereocenters. The molecule has 86 valence electrons. The average molecular weight is 240 g/mol. The van der Waals surface area contributed by atoms with Crippen LogP contribution in [0.15, 0.2) is 0 Å². The van der Waals surface area contributed by atoms with E-state index in [1.54, 1.807) is 0 Å². The second-order valence-electron chi connectivity index (χ2n) is 2.99. The predicted octanol–water partition coefficient (Wildman–Crippen LogP) is -1.25. The molecule has 4 nitrogen and oxygen atoms in total. The van der Waals surface area contributed by atoms with Gasteiger partial charge in [-0.05, 0) is 0 Å². The molecule has 0 rings (SSSR count). The highest BCUT2D eigenvalue weighted by atomic mass is 32.1. The van der Waals surface area contributed by atoms with Crippen LogP contribution in [0.2, 0.25) is 0 Å². The summed E-state index contributed by atoms with van der Waals surface area (Å²) in [5, 5.41) is 24.8. The summed E-state index contributed by atoms with van der Waals surface area (Å²) in [5.74, 6) is 1.45. The third kappa shape index (κ3) is 7.90. The maximum Gasteiger partial charge on any atom is 0.0935 e. The van der Waals surface area contributed by atoms with Crippen LogP contribution in [0.4, 0.5) is 0 Å². The van der Waals surface area contributed by atoms with Gasteiger partial charge in [-0.25, -0.2) is 0 Å². The molecule has 0 aromatic rings. The van der Waals surface area contributed by atoms with Gasteiger partial charge in [0.25, 0.3) is 0 Å². The summed E-state index contributed by atoms with van der Waals surface area (Å²) in [6.45, 7) is 2.25. The Labute approximate surface area is 96.3 Å². The Morgan fingerprint density at radius 1 is 0.857 bits per heavy atom. The largest absolute Gasteiger partial charge is 0.389 e. The van der Waals surface area contributed by atoms with Crippen molar-refractivity contribution in [2.24, 2.45) is 0 Å². The van der Waals surface area contributed by atoms with Crippen molar-refractivity contribution >= 4 is 25.3 Å². The molecule has 14 heavy (non-hydrogen) atoms. The van der Waals surface area contributed by atoms with E-state index >= 15 is 0 Å². The highest BCUT2D eigenvalue weighted by Gasteiger charge is 2.14. The molecule has 0 aromatic carbocycles. The molecule has 0 heterocycles. The molecule has 0 amide bonds. The first kappa shape index (κ1) is 14.5. The van der Waals surface area contributed by atoms with Gasteiger partial charge in [-0.1, -0.05) is 0 Å². The molecule has 0 fully saturated rings. The topological polar surface area (TPSA) is 64.5 Å². The molecule has 2 atom stereocenters. The molecule has 0 aromatic heterocycles. The SMILES string of the molecule is O[C@H](CNCCS)[C@@H](O)CNCCS. The van der Waals surface area contributed by atoms with Crippen molar-refractivity contribution in [1.82, 2.24) is 10.6 Å². The van der Waals surface area contributed by atoms with Crippen molar-refractivity contribution in [3.63, 3.8) is 0 Å². The van der Waals surface area contributed by atoms with Gasteiger partial charge in [-0.15, -0.1) is 0 Å². The Bertz CT molecular complexity index is 116. The molecule has 0 spiro atoms. The van der Waals surface area contributed by atoms with E-state index in [2.05, 4.69) is 35.9 Å². The highest BCUT2D eigenvalue weighted by Crippen LogP contribution is 1.90. The van der Waals surface area contributed by atoms with Gasteiger partial charge in [0.1, 0.15) is 0 Å². The average Bonchev–Trinajstić information content (AvgIpc) is 2.18. The lowest BCUT2D eigenvalue weighted by Gasteiger charge is -2.18. The standard InChI is InChI=1S/C8H20N2O2S2/c11-7(5-9-1-3-13)8(12)6-10-2-4-14/h7-14H,1-6H2/t7-,8+. The van der Waals surface area contributed by atoms with Crippen molar-refractivity contribution in [3.05, 3.63) is 0 Å². The van der Waals surface area contributed by atoms with Gasteiger partial charge >= 0.3 is 0 Å². The molecular formula is C8H20N2O2S2. The number of aliphatic hydroxyl groups excluding tert-OH is 2. The molecule has 0 aliphatic heterocycles. The quantitative estimate of drug-likeness (QED) is 0.225. The fourth-order valence-electron chi connectivity index (χ4n) is 0.930. The Morgan fingerprint density at radius 3 is 1.50 bits per heavy atom. The molecule has 0 aliphatic rings. The summed E-state index contributed by atoms with van der Waals surface area (Å²) >= 11 is 8.03. The first-order chi connectivity index (χ1) is 6.72. The first-order valence-electron chi connectivity index (χ1n) is 4.71. The minimum Gasteiger partial charge on any atom is -0.389 e. The molecule has 0 saturated heterocycles. The molecule has 4 N–H and O–H groups in total. The lowest BCUT2D eigenvalue weighted by molar-refractivity contribution is 0.0216. The summed E-state index contributed by atoms with van der Waals surface area (Å²) in [7, 11) is 0. The van der Waals surface area contributed by atoms with Gasteiger partial charge in [0.2, 0.25) is 0 Å². The normalized spacial score (nSPS) is 15.4. The lowest BCUT2D eigenvalue weighted by Crippen LogP contribution is -2.42. The third-order valence-corrected chi connectivity index (χ3v) is 2.18. The molecule has 6 heteroatoms. The first-order valence-corrected chi connectivity index (χ1v) is 5.98. The van der Waals surface area contributed by atoms with Gasteiger partial charge in [-0.3, -0.25) is 0 Å². The summed E-state index contributed by atoms with van der Waals surface area (Å²) in [5.41, 5.74) is 0. The van der Waals surface area contributed by atoms with Crippen LogP contribution in [0.25, 0.3) is 0 Å². The number of hydrogen-bond donors (Lipinski definition) is 6. The minimum atomic E-state index is -0.734. The van der Waals surface area contributed by atoms with Crippen LogP contribution in [0, 0.1) is 0 Å². The lowest BCUT2D eigenvalue weighted by atomic mass is 10.2. The van der Waals surface area contributed by atoms with Gasteiger partial charge < -0.3 is 20.8 Å². The van der Waals surface area contributed by atoms with Crippen LogP contribution in [-0.2, 0) is 0 Å². The van der Waals surface area contributed by atoms with E-state index < -0.39 is 12.2 Å². The van der Waals surface area contributed by atoms with E-state index in [9.17, 15) is 10.2 Å². The summed E-state index contributed by atoms with van der Waals surface area (Å²) in [6, 6.07) is 0. The van der Waals surface area contributed by atoms with Crippen LogP contribution < -0.4 is 10.6 Å². The fourth-order valence-corrected chi connectivity index (χ4v) is 1.25. The summed E-state index contributed by atoms with van der Waals surface area (Å²) < 4.78 is 0. The monoisotopic (exact) mass is 240 g/mol. The van der Waals surface area contributed by atoms with Crippen molar-refractivity contribution in [2.45, 2.75) is 12.2 Å². The smallest absolute Gasteiger partial charge is 0.0935 e. The molecule has 0 aliphatic carbocycles. The summed E-state index contributed by atoms with van der Waals surface area (Å²) in [4.78, 5) is 0. The van der Waals surface area contributed by atoms with E-state index in [-0.39, 0.29) is 0 Å². The number of rotatable bonds is 9. The molecule has 0 radical (unpaired) electrons. The fraction of sp³-hybridized carbons (Fsp3) is 1.00. The van der Waals surface area contributed by atoms with Crippen LogP contribution >= 0.6 is 25.3 Å². The Kier molecular flexibility index (Phi) is 10.5. The molecule has 0 saturated carbocycles. The number of hydrogen-bond acceptors (Lipinski definition) is 6.